The van der Waals surface area contributed by atoms with Gasteiger partial charge in [-0.15, -0.1) is 0 Å². The van der Waals surface area contributed by atoms with Crippen LogP contribution in [0, 0.1) is 5.92 Å². The lowest BCUT2D eigenvalue weighted by Gasteiger charge is -2.31. The number of nitrogens with zero attached hydrogens (tertiary/aromatic N) is 1. The van der Waals surface area contributed by atoms with E-state index in [1.165, 1.54) is 12.5 Å². The average Bonchev–Trinajstić information content (AvgIpc) is 2.75. The molecule has 158 valence electrons. The van der Waals surface area contributed by atoms with Crippen LogP contribution in [0.2, 0.25) is 0 Å². The van der Waals surface area contributed by atoms with Gasteiger partial charge in [0.15, 0.2) is 0 Å². The molecule has 1 aliphatic rings. The van der Waals surface area contributed by atoms with E-state index >= 15 is 0 Å². The van der Waals surface area contributed by atoms with Gasteiger partial charge in [0.2, 0.25) is 0 Å². The maximum absolute atomic E-state index is 12.7. The van der Waals surface area contributed by atoms with Crippen molar-refractivity contribution >= 4 is 21.9 Å². The summed E-state index contributed by atoms with van der Waals surface area (Å²) in [6, 6.07) is 13.6. The van der Waals surface area contributed by atoms with Gasteiger partial charge in [0.05, 0.1) is 11.1 Å². The highest BCUT2D eigenvalue weighted by molar-refractivity contribution is 5.97. The standard InChI is InChI=1S/C25H23NO5/c1-15-5-4-10-26(13-15)14-20-21(27)9-8-17-18(12-23(28)31-24(17)20)19-11-16-6-2-3-7-22(16)30-25(19)29/h2-3,6-9,11-12,15,27H,4-5,10,13-14H2,1H3/t15-/m0/s1. The average molecular weight is 417 g/mol. The van der Waals surface area contributed by atoms with E-state index in [-0.39, 0.29) is 5.75 Å². The molecule has 0 aliphatic carbocycles. The van der Waals surface area contributed by atoms with Gasteiger partial charge >= 0.3 is 11.3 Å². The smallest absolute Gasteiger partial charge is 0.344 e. The first-order valence-electron chi connectivity index (χ1n) is 10.5. The molecule has 4 aromatic rings. The van der Waals surface area contributed by atoms with Crippen LogP contribution in [-0.4, -0.2) is 23.1 Å². The van der Waals surface area contributed by atoms with Gasteiger partial charge in [-0.25, -0.2) is 9.59 Å². The summed E-state index contributed by atoms with van der Waals surface area (Å²) in [4.78, 5) is 27.5. The summed E-state index contributed by atoms with van der Waals surface area (Å²) >= 11 is 0. The Bertz CT molecular complexity index is 1400. The van der Waals surface area contributed by atoms with Gasteiger partial charge in [0.1, 0.15) is 16.9 Å². The molecule has 1 fully saturated rings. The number of rotatable bonds is 3. The predicted molar refractivity (Wildman–Crippen MR) is 119 cm³/mol. The minimum Gasteiger partial charge on any atom is -0.507 e. The van der Waals surface area contributed by atoms with Gasteiger partial charge in [0, 0.05) is 35.5 Å². The molecule has 0 spiro atoms. The summed E-state index contributed by atoms with van der Waals surface area (Å²) in [6.07, 6.45) is 2.29. The highest BCUT2D eigenvalue weighted by Crippen LogP contribution is 2.34. The molecule has 2 aromatic heterocycles. The number of benzene rings is 2. The first-order chi connectivity index (χ1) is 15.0. The monoisotopic (exact) mass is 417 g/mol. The highest BCUT2D eigenvalue weighted by Gasteiger charge is 2.22. The normalized spacial score (nSPS) is 17.4. The van der Waals surface area contributed by atoms with E-state index in [1.54, 1.807) is 30.3 Å². The molecule has 5 rings (SSSR count). The molecule has 1 aliphatic heterocycles. The molecule has 6 heteroatoms. The SMILES string of the molecule is C[C@H]1CCCN(Cc2c(O)ccc3c(-c4cc5ccccc5oc4=O)cc(=O)oc23)C1. The Morgan fingerprint density at radius 2 is 1.90 bits per heavy atom. The zero-order valence-electron chi connectivity index (χ0n) is 17.3. The van der Waals surface area contributed by atoms with E-state index in [0.717, 1.165) is 24.9 Å². The molecule has 0 unspecified atom stereocenters. The van der Waals surface area contributed by atoms with Gasteiger partial charge in [-0.2, -0.15) is 0 Å². The molecule has 1 N–H and O–H groups in total. The molecule has 0 saturated carbocycles. The van der Waals surface area contributed by atoms with Crippen LogP contribution in [0.4, 0.5) is 0 Å². The number of aromatic hydroxyl groups is 1. The number of hydrogen-bond acceptors (Lipinski definition) is 6. The Morgan fingerprint density at radius 1 is 1.06 bits per heavy atom. The van der Waals surface area contributed by atoms with Gasteiger partial charge < -0.3 is 13.9 Å². The zero-order chi connectivity index (χ0) is 21.5. The van der Waals surface area contributed by atoms with E-state index in [2.05, 4.69) is 11.8 Å². The molecular weight excluding hydrogens is 394 g/mol. The maximum atomic E-state index is 12.7. The Balaban J connectivity index is 1.70. The second-order valence-electron chi connectivity index (χ2n) is 8.39. The van der Waals surface area contributed by atoms with Crippen LogP contribution in [0.25, 0.3) is 33.1 Å². The van der Waals surface area contributed by atoms with E-state index in [9.17, 15) is 14.7 Å². The predicted octanol–water partition coefficient (Wildman–Crippen LogP) is 4.50. The molecule has 0 bridgehead atoms. The van der Waals surface area contributed by atoms with Crippen molar-refractivity contribution in [2.24, 2.45) is 5.92 Å². The number of phenolic OH excluding ortho intramolecular Hbond substituents is 1. The van der Waals surface area contributed by atoms with Crippen molar-refractivity contribution in [3.63, 3.8) is 0 Å². The van der Waals surface area contributed by atoms with Crippen molar-refractivity contribution in [2.75, 3.05) is 13.1 Å². The lowest BCUT2D eigenvalue weighted by Crippen LogP contribution is -2.33. The van der Waals surface area contributed by atoms with Crippen molar-refractivity contribution in [3.8, 4) is 16.9 Å². The summed E-state index contributed by atoms with van der Waals surface area (Å²) in [5.74, 6) is 0.659. The van der Waals surface area contributed by atoms with Crippen LogP contribution < -0.4 is 11.3 Å². The fourth-order valence-electron chi connectivity index (χ4n) is 4.55. The van der Waals surface area contributed by atoms with E-state index < -0.39 is 11.3 Å². The number of piperidine rings is 1. The summed E-state index contributed by atoms with van der Waals surface area (Å²) in [5.41, 5.74) is 1.00. The second kappa shape index (κ2) is 7.71. The molecule has 1 saturated heterocycles. The first-order valence-corrected chi connectivity index (χ1v) is 10.5. The molecule has 0 radical (unpaired) electrons. The largest absolute Gasteiger partial charge is 0.507 e. The molecule has 6 nitrogen and oxygen atoms in total. The number of fused-ring (bicyclic) bond motifs is 2. The van der Waals surface area contributed by atoms with Gasteiger partial charge in [-0.05, 0) is 49.6 Å². The lowest BCUT2D eigenvalue weighted by molar-refractivity contribution is 0.175. The van der Waals surface area contributed by atoms with Crippen LogP contribution in [0.3, 0.4) is 0 Å². The minimum absolute atomic E-state index is 0.0802. The summed E-state index contributed by atoms with van der Waals surface area (Å²) in [7, 11) is 0. The topological polar surface area (TPSA) is 83.9 Å². The van der Waals surface area contributed by atoms with Gasteiger partial charge in [0.25, 0.3) is 0 Å². The molecule has 31 heavy (non-hydrogen) atoms. The molecule has 2 aromatic carbocycles. The lowest BCUT2D eigenvalue weighted by atomic mass is 9.97. The van der Waals surface area contributed by atoms with Gasteiger partial charge in [-0.3, -0.25) is 4.90 Å². The van der Waals surface area contributed by atoms with Crippen molar-refractivity contribution in [2.45, 2.75) is 26.3 Å². The maximum Gasteiger partial charge on any atom is 0.344 e. The van der Waals surface area contributed by atoms with Crippen molar-refractivity contribution in [1.82, 2.24) is 4.90 Å². The van der Waals surface area contributed by atoms with Crippen LogP contribution in [-0.2, 0) is 6.54 Å². The molecular formula is C25H23NO5. The number of phenols is 1. The Hall–Kier alpha value is -3.38. The third-order valence-corrected chi connectivity index (χ3v) is 6.05. The quantitative estimate of drug-likeness (QED) is 0.494. The Morgan fingerprint density at radius 3 is 2.74 bits per heavy atom. The van der Waals surface area contributed by atoms with Crippen LogP contribution in [0.15, 0.2) is 67.0 Å². The van der Waals surface area contributed by atoms with Gasteiger partial charge in [-0.1, -0.05) is 25.1 Å². The highest BCUT2D eigenvalue weighted by atomic mass is 16.4. The Labute approximate surface area is 178 Å². The van der Waals surface area contributed by atoms with Crippen molar-refractivity contribution in [1.29, 1.82) is 0 Å². The molecule has 0 amide bonds. The number of likely N-dealkylation sites (tertiary alicyclic amines) is 1. The van der Waals surface area contributed by atoms with Crippen LogP contribution >= 0.6 is 0 Å². The van der Waals surface area contributed by atoms with E-state index in [4.69, 9.17) is 8.83 Å². The second-order valence-corrected chi connectivity index (χ2v) is 8.39. The van der Waals surface area contributed by atoms with E-state index in [0.29, 0.717) is 45.7 Å². The molecule has 1 atom stereocenters. The Kier molecular flexibility index (Phi) is 4.87. The van der Waals surface area contributed by atoms with E-state index in [1.807, 2.05) is 12.1 Å². The third kappa shape index (κ3) is 3.64. The molecule has 3 heterocycles. The fraction of sp³-hybridized carbons (Fsp3) is 0.280. The summed E-state index contributed by atoms with van der Waals surface area (Å²) < 4.78 is 11.0. The summed E-state index contributed by atoms with van der Waals surface area (Å²) in [5, 5.41) is 11.9. The van der Waals surface area contributed by atoms with Crippen LogP contribution in [0.1, 0.15) is 25.3 Å². The minimum atomic E-state index is -0.575. The summed E-state index contributed by atoms with van der Waals surface area (Å²) in [6.45, 7) is 4.55. The third-order valence-electron chi connectivity index (χ3n) is 6.05. The van der Waals surface area contributed by atoms with Crippen LogP contribution in [0.5, 0.6) is 5.75 Å². The first kappa shape index (κ1) is 19.6. The van der Waals surface area contributed by atoms with Crippen molar-refractivity contribution in [3.05, 3.63) is 74.9 Å². The number of hydrogen-bond donors (Lipinski definition) is 1. The number of para-hydroxylation sites is 1. The zero-order valence-corrected chi connectivity index (χ0v) is 17.3. The fourth-order valence-corrected chi connectivity index (χ4v) is 4.55. The van der Waals surface area contributed by atoms with Crippen molar-refractivity contribution < 1.29 is 13.9 Å².